The first-order valence-electron chi connectivity index (χ1n) is 7.00. The average molecular weight is 353 g/mol. The van der Waals surface area contributed by atoms with Gasteiger partial charge in [0, 0.05) is 16.2 Å². The molecule has 3 N–H and O–H groups in total. The molecule has 0 spiro atoms. The van der Waals surface area contributed by atoms with Crippen LogP contribution in [0, 0.1) is 27.7 Å². The summed E-state index contributed by atoms with van der Waals surface area (Å²) in [6, 6.07) is 0. The maximum absolute atomic E-state index is 12.1. The maximum Gasteiger partial charge on any atom is 0.251 e. The molecule has 0 aliphatic heterocycles. The summed E-state index contributed by atoms with van der Waals surface area (Å²) in [6.45, 7) is 7.46. The van der Waals surface area contributed by atoms with E-state index in [0.29, 0.717) is 16.3 Å². The molecule has 2 aromatic heterocycles. The van der Waals surface area contributed by atoms with Gasteiger partial charge in [0.05, 0.1) is 17.0 Å². The Hall–Kier alpha value is -1.80. The highest BCUT2D eigenvalue weighted by molar-refractivity contribution is 7.99. The molecular weight excluding hydrogens is 334 g/mol. The summed E-state index contributed by atoms with van der Waals surface area (Å²) in [4.78, 5) is 24.6. The average Bonchev–Trinajstić information content (AvgIpc) is 2.92. The van der Waals surface area contributed by atoms with Gasteiger partial charge in [-0.3, -0.25) is 9.59 Å². The first-order chi connectivity index (χ1) is 10.8. The molecule has 2 amide bonds. The van der Waals surface area contributed by atoms with Gasteiger partial charge in [-0.2, -0.15) is 0 Å². The number of nitrogens with two attached hydrogens (primary N) is 1. The minimum Gasteiger partial charge on any atom is -0.365 e. The molecule has 124 valence electrons. The Morgan fingerprint density at radius 3 is 2.57 bits per heavy atom. The summed E-state index contributed by atoms with van der Waals surface area (Å²) in [5, 5.41) is 7.19. The van der Waals surface area contributed by atoms with Gasteiger partial charge < -0.3 is 15.6 Å². The molecular formula is C15H19N3O3S2. The molecule has 0 saturated heterocycles. The molecule has 0 radical (unpaired) electrons. The fourth-order valence-corrected chi connectivity index (χ4v) is 4.19. The van der Waals surface area contributed by atoms with Crippen LogP contribution in [0.3, 0.4) is 0 Å². The molecule has 0 saturated carbocycles. The predicted molar refractivity (Wildman–Crippen MR) is 93.1 cm³/mol. The highest BCUT2D eigenvalue weighted by Crippen LogP contribution is 2.32. The van der Waals surface area contributed by atoms with E-state index in [1.54, 1.807) is 0 Å². The minimum absolute atomic E-state index is 0.162. The first-order valence-corrected chi connectivity index (χ1v) is 8.97. The van der Waals surface area contributed by atoms with Crippen molar-refractivity contribution in [2.24, 2.45) is 5.73 Å². The number of carbonyl (C=O) groups excluding carboxylic acids is 2. The van der Waals surface area contributed by atoms with E-state index in [0.717, 1.165) is 27.5 Å². The van der Waals surface area contributed by atoms with E-state index < -0.39 is 5.91 Å². The van der Waals surface area contributed by atoms with Crippen molar-refractivity contribution >= 4 is 39.9 Å². The van der Waals surface area contributed by atoms with Gasteiger partial charge in [0.2, 0.25) is 5.91 Å². The number of anilines is 1. The Bertz CT molecular complexity index is 730. The number of carbonyl (C=O) groups is 2. The van der Waals surface area contributed by atoms with Gasteiger partial charge in [-0.15, -0.1) is 23.1 Å². The lowest BCUT2D eigenvalue weighted by atomic mass is 10.1. The maximum atomic E-state index is 12.1. The van der Waals surface area contributed by atoms with Gasteiger partial charge in [-0.25, -0.2) is 0 Å². The summed E-state index contributed by atoms with van der Waals surface area (Å²) < 4.78 is 5.09. The van der Waals surface area contributed by atoms with E-state index in [9.17, 15) is 9.59 Å². The smallest absolute Gasteiger partial charge is 0.251 e. The van der Waals surface area contributed by atoms with E-state index in [-0.39, 0.29) is 11.7 Å². The minimum atomic E-state index is -0.523. The van der Waals surface area contributed by atoms with Crippen LogP contribution >= 0.6 is 23.1 Å². The monoisotopic (exact) mass is 353 g/mol. The number of hydrogen-bond donors (Lipinski definition) is 2. The zero-order valence-corrected chi connectivity index (χ0v) is 15.1. The van der Waals surface area contributed by atoms with Crippen LogP contribution in [0.5, 0.6) is 0 Å². The van der Waals surface area contributed by atoms with Crippen LogP contribution in [0.2, 0.25) is 0 Å². The number of aryl methyl sites for hydroxylation is 3. The molecule has 0 atom stereocenters. The van der Waals surface area contributed by atoms with E-state index >= 15 is 0 Å². The van der Waals surface area contributed by atoms with Crippen LogP contribution in [-0.2, 0) is 10.5 Å². The molecule has 2 aromatic rings. The number of thioether (sulfide) groups is 1. The zero-order chi connectivity index (χ0) is 17.1. The van der Waals surface area contributed by atoms with Crippen LogP contribution in [-0.4, -0.2) is 22.7 Å². The van der Waals surface area contributed by atoms with E-state index in [1.807, 2.05) is 27.7 Å². The fraction of sp³-hybridized carbons (Fsp3) is 0.400. The van der Waals surface area contributed by atoms with Crippen molar-refractivity contribution in [2.45, 2.75) is 33.4 Å². The quantitative estimate of drug-likeness (QED) is 0.832. The number of primary amides is 1. The van der Waals surface area contributed by atoms with Gasteiger partial charge >= 0.3 is 0 Å². The second-order valence-corrected chi connectivity index (χ2v) is 7.41. The van der Waals surface area contributed by atoms with Gasteiger partial charge in [0.25, 0.3) is 5.91 Å². The van der Waals surface area contributed by atoms with Crippen LogP contribution in [0.15, 0.2) is 4.52 Å². The molecule has 0 aliphatic carbocycles. The molecule has 0 aliphatic rings. The molecule has 0 fully saturated rings. The highest BCUT2D eigenvalue weighted by Gasteiger charge is 2.19. The van der Waals surface area contributed by atoms with Crippen molar-refractivity contribution in [1.29, 1.82) is 0 Å². The lowest BCUT2D eigenvalue weighted by Gasteiger charge is -2.05. The van der Waals surface area contributed by atoms with Crippen molar-refractivity contribution < 1.29 is 14.1 Å². The first kappa shape index (κ1) is 17.6. The SMILES string of the molecule is Cc1noc(C)c1CSCC(=O)Nc1sc(C)c(C)c1C(N)=O. The molecule has 6 nitrogen and oxygen atoms in total. The summed E-state index contributed by atoms with van der Waals surface area (Å²) >= 11 is 2.84. The van der Waals surface area contributed by atoms with E-state index in [1.165, 1.54) is 23.1 Å². The molecule has 2 rings (SSSR count). The number of amides is 2. The van der Waals surface area contributed by atoms with Crippen LogP contribution in [0.4, 0.5) is 5.00 Å². The molecule has 2 heterocycles. The standard InChI is InChI=1S/C15H19N3O3S2/c1-7-10(4)23-15(13(7)14(16)20)17-12(19)6-22-5-11-8(2)18-21-9(11)3/h5-6H2,1-4H3,(H2,16,20)(H,17,19). The van der Waals surface area contributed by atoms with Crippen molar-refractivity contribution in [2.75, 3.05) is 11.1 Å². The Morgan fingerprint density at radius 1 is 1.30 bits per heavy atom. The molecule has 23 heavy (non-hydrogen) atoms. The third-order valence-corrected chi connectivity index (χ3v) is 5.63. The summed E-state index contributed by atoms with van der Waals surface area (Å²) in [5.41, 5.74) is 8.48. The molecule has 8 heteroatoms. The Labute approximate surface area is 142 Å². The van der Waals surface area contributed by atoms with Gasteiger partial charge in [-0.1, -0.05) is 5.16 Å². The molecule has 0 unspecified atom stereocenters. The van der Waals surface area contributed by atoms with Crippen molar-refractivity contribution in [3.05, 3.63) is 33.0 Å². The lowest BCUT2D eigenvalue weighted by Crippen LogP contribution is -2.18. The Morgan fingerprint density at radius 2 is 2.00 bits per heavy atom. The normalized spacial score (nSPS) is 10.8. The topological polar surface area (TPSA) is 98.2 Å². The Balaban J connectivity index is 1.96. The van der Waals surface area contributed by atoms with Gasteiger partial charge in [-0.05, 0) is 33.3 Å². The van der Waals surface area contributed by atoms with E-state index in [2.05, 4.69) is 10.5 Å². The van der Waals surface area contributed by atoms with Crippen LogP contribution in [0.25, 0.3) is 0 Å². The summed E-state index contributed by atoms with van der Waals surface area (Å²) in [5.74, 6) is 1.02. The summed E-state index contributed by atoms with van der Waals surface area (Å²) in [6.07, 6.45) is 0. The number of thiophene rings is 1. The predicted octanol–water partition coefficient (Wildman–Crippen LogP) is 2.94. The number of nitrogens with one attached hydrogen (secondary N) is 1. The Kier molecular flexibility index (Phi) is 5.48. The fourth-order valence-electron chi connectivity index (χ4n) is 2.13. The van der Waals surface area contributed by atoms with Crippen LogP contribution < -0.4 is 11.1 Å². The zero-order valence-electron chi connectivity index (χ0n) is 13.5. The molecule has 0 aromatic carbocycles. The largest absolute Gasteiger partial charge is 0.365 e. The van der Waals surface area contributed by atoms with Crippen molar-refractivity contribution in [1.82, 2.24) is 5.16 Å². The second-order valence-electron chi connectivity index (χ2n) is 5.20. The third-order valence-electron chi connectivity index (χ3n) is 3.55. The second kappa shape index (κ2) is 7.18. The van der Waals surface area contributed by atoms with Crippen molar-refractivity contribution in [3.8, 4) is 0 Å². The number of aromatic nitrogens is 1. The van der Waals surface area contributed by atoms with E-state index in [4.69, 9.17) is 10.3 Å². The number of nitrogens with zero attached hydrogens (tertiary/aromatic N) is 1. The number of rotatable bonds is 6. The highest BCUT2D eigenvalue weighted by atomic mass is 32.2. The van der Waals surface area contributed by atoms with Crippen molar-refractivity contribution in [3.63, 3.8) is 0 Å². The third kappa shape index (κ3) is 3.94. The van der Waals surface area contributed by atoms with Crippen LogP contribution in [0.1, 0.15) is 37.8 Å². The lowest BCUT2D eigenvalue weighted by molar-refractivity contribution is -0.113. The summed E-state index contributed by atoms with van der Waals surface area (Å²) in [7, 11) is 0. The van der Waals surface area contributed by atoms with Gasteiger partial charge in [0.15, 0.2) is 0 Å². The number of hydrogen-bond acceptors (Lipinski definition) is 6. The molecule has 0 bridgehead atoms. The van der Waals surface area contributed by atoms with Gasteiger partial charge in [0.1, 0.15) is 10.8 Å².